The molecule has 0 saturated heterocycles. The number of allylic oxidation sites excluding steroid dienone is 1. The van der Waals surface area contributed by atoms with Gasteiger partial charge in [-0.05, 0) is 50.2 Å². The Bertz CT molecular complexity index is 287. The average molecular weight is 161 g/mol. The number of rotatable bonds is 2. The molecule has 1 nitrogen and oxygen atoms in total. The van der Waals surface area contributed by atoms with Crippen LogP contribution in [0.2, 0.25) is 0 Å². The highest BCUT2D eigenvalue weighted by molar-refractivity contribution is 5.49. The van der Waals surface area contributed by atoms with E-state index in [2.05, 4.69) is 37.4 Å². The summed E-state index contributed by atoms with van der Waals surface area (Å²) >= 11 is 0. The second-order valence-corrected chi connectivity index (χ2v) is 2.94. The zero-order valence-electron chi connectivity index (χ0n) is 7.89. The first-order valence-corrected chi connectivity index (χ1v) is 4.19. The molecular weight excluding hydrogens is 146 g/mol. The molecule has 0 bridgehead atoms. The summed E-state index contributed by atoms with van der Waals surface area (Å²) in [7, 11) is 0. The lowest BCUT2D eigenvalue weighted by Crippen LogP contribution is -1.88. The van der Waals surface area contributed by atoms with E-state index in [4.69, 9.17) is 0 Å². The zero-order chi connectivity index (χ0) is 8.97. The van der Waals surface area contributed by atoms with Gasteiger partial charge in [0.2, 0.25) is 0 Å². The van der Waals surface area contributed by atoms with E-state index in [1.807, 2.05) is 19.2 Å². The normalized spacial score (nSPS) is 10.6. The zero-order valence-corrected chi connectivity index (χ0v) is 7.89. The van der Waals surface area contributed by atoms with Crippen molar-refractivity contribution in [2.45, 2.75) is 20.8 Å². The molecule has 0 spiro atoms. The molecule has 0 unspecified atom stereocenters. The van der Waals surface area contributed by atoms with Crippen LogP contribution in [0.5, 0.6) is 0 Å². The lowest BCUT2D eigenvalue weighted by Gasteiger charge is -2.03. The lowest BCUT2D eigenvalue weighted by molar-refractivity contribution is 1.34. The van der Waals surface area contributed by atoms with Crippen LogP contribution in [0.4, 0.5) is 5.69 Å². The summed E-state index contributed by atoms with van der Waals surface area (Å²) in [5.41, 5.74) is 3.81. The fourth-order valence-electron chi connectivity index (χ4n) is 1.01. The average Bonchev–Trinajstić information content (AvgIpc) is 2.07. The molecule has 1 heteroatoms. The molecule has 0 aliphatic rings. The Morgan fingerprint density at radius 1 is 1.17 bits per heavy atom. The van der Waals surface area contributed by atoms with E-state index in [0.29, 0.717) is 0 Å². The summed E-state index contributed by atoms with van der Waals surface area (Å²) in [6, 6.07) is 6.36. The van der Waals surface area contributed by atoms with E-state index in [-0.39, 0.29) is 0 Å². The third-order valence-corrected chi connectivity index (χ3v) is 1.92. The quantitative estimate of drug-likeness (QED) is 0.702. The first-order chi connectivity index (χ1) is 5.74. The van der Waals surface area contributed by atoms with Gasteiger partial charge in [0, 0.05) is 5.69 Å². The molecular formula is C11H15N. The maximum absolute atomic E-state index is 3.18. The van der Waals surface area contributed by atoms with Gasteiger partial charge in [-0.2, -0.15) is 0 Å². The Kier molecular flexibility index (Phi) is 2.92. The summed E-state index contributed by atoms with van der Waals surface area (Å²) in [6.45, 7) is 6.24. The Hall–Kier alpha value is -1.24. The first kappa shape index (κ1) is 8.85. The van der Waals surface area contributed by atoms with Gasteiger partial charge in [-0.15, -0.1) is 0 Å². The van der Waals surface area contributed by atoms with Crippen LogP contribution < -0.4 is 5.32 Å². The van der Waals surface area contributed by atoms with Gasteiger partial charge in [-0.1, -0.05) is 12.1 Å². The monoisotopic (exact) mass is 161 g/mol. The van der Waals surface area contributed by atoms with Gasteiger partial charge in [0.1, 0.15) is 0 Å². The molecule has 0 saturated carbocycles. The number of nitrogens with one attached hydrogen (secondary N) is 1. The molecule has 0 amide bonds. The van der Waals surface area contributed by atoms with E-state index in [1.54, 1.807) is 0 Å². The van der Waals surface area contributed by atoms with Crippen molar-refractivity contribution in [2.24, 2.45) is 0 Å². The summed E-state index contributed by atoms with van der Waals surface area (Å²) in [5, 5.41) is 3.18. The van der Waals surface area contributed by atoms with Crippen molar-refractivity contribution in [1.29, 1.82) is 0 Å². The van der Waals surface area contributed by atoms with Crippen molar-refractivity contribution in [1.82, 2.24) is 0 Å². The van der Waals surface area contributed by atoms with E-state index in [0.717, 1.165) is 5.69 Å². The predicted molar refractivity (Wildman–Crippen MR) is 54.4 cm³/mol. The van der Waals surface area contributed by atoms with Crippen molar-refractivity contribution in [3.05, 3.63) is 41.6 Å². The predicted octanol–water partition coefficient (Wildman–Crippen LogP) is 3.25. The van der Waals surface area contributed by atoms with Crippen LogP contribution in [-0.2, 0) is 0 Å². The molecule has 0 aliphatic heterocycles. The summed E-state index contributed by atoms with van der Waals surface area (Å²) in [4.78, 5) is 0. The number of benzene rings is 1. The van der Waals surface area contributed by atoms with Gasteiger partial charge in [0.15, 0.2) is 0 Å². The minimum Gasteiger partial charge on any atom is -0.362 e. The number of hydrogen-bond donors (Lipinski definition) is 1. The fourth-order valence-corrected chi connectivity index (χ4v) is 1.01. The Morgan fingerprint density at radius 2 is 1.92 bits per heavy atom. The van der Waals surface area contributed by atoms with E-state index >= 15 is 0 Å². The Balaban J connectivity index is 2.82. The van der Waals surface area contributed by atoms with E-state index < -0.39 is 0 Å². The maximum atomic E-state index is 3.18. The lowest BCUT2D eigenvalue weighted by atomic mass is 10.1. The highest BCUT2D eigenvalue weighted by atomic mass is 14.8. The minimum absolute atomic E-state index is 1.15. The summed E-state index contributed by atoms with van der Waals surface area (Å²) in [6.07, 6.45) is 3.92. The van der Waals surface area contributed by atoms with Crippen molar-refractivity contribution >= 4 is 5.69 Å². The molecule has 0 fully saturated rings. The van der Waals surface area contributed by atoms with Crippen LogP contribution in [0.15, 0.2) is 30.5 Å². The van der Waals surface area contributed by atoms with E-state index in [9.17, 15) is 0 Å². The van der Waals surface area contributed by atoms with Gasteiger partial charge in [0.25, 0.3) is 0 Å². The second kappa shape index (κ2) is 3.96. The van der Waals surface area contributed by atoms with Gasteiger partial charge in [-0.3, -0.25) is 0 Å². The first-order valence-electron chi connectivity index (χ1n) is 4.19. The summed E-state index contributed by atoms with van der Waals surface area (Å²) < 4.78 is 0. The molecule has 1 aromatic rings. The third kappa shape index (κ3) is 2.12. The number of anilines is 1. The molecule has 64 valence electrons. The molecule has 0 aliphatic carbocycles. The second-order valence-electron chi connectivity index (χ2n) is 2.94. The maximum Gasteiger partial charge on any atom is 0.0382 e. The molecule has 0 atom stereocenters. The smallest absolute Gasteiger partial charge is 0.0382 e. The van der Waals surface area contributed by atoms with Crippen molar-refractivity contribution < 1.29 is 0 Å². The van der Waals surface area contributed by atoms with Crippen molar-refractivity contribution in [3.8, 4) is 0 Å². The fraction of sp³-hybridized carbons (Fsp3) is 0.273. The Labute approximate surface area is 74.1 Å². The van der Waals surface area contributed by atoms with E-state index in [1.165, 1.54) is 11.1 Å². The molecule has 0 heterocycles. The molecule has 1 N–H and O–H groups in total. The number of hydrogen-bond acceptors (Lipinski definition) is 1. The summed E-state index contributed by atoms with van der Waals surface area (Å²) in [5.74, 6) is 0. The minimum atomic E-state index is 1.15. The number of aryl methyl sites for hydroxylation is 2. The Morgan fingerprint density at radius 3 is 2.50 bits per heavy atom. The topological polar surface area (TPSA) is 12.0 Å². The van der Waals surface area contributed by atoms with Crippen LogP contribution in [-0.4, -0.2) is 0 Å². The molecule has 1 rings (SSSR count). The van der Waals surface area contributed by atoms with Gasteiger partial charge < -0.3 is 5.32 Å². The van der Waals surface area contributed by atoms with Gasteiger partial charge in [-0.25, -0.2) is 0 Å². The van der Waals surface area contributed by atoms with Crippen LogP contribution in [0.1, 0.15) is 18.1 Å². The van der Waals surface area contributed by atoms with Crippen LogP contribution in [0.3, 0.4) is 0 Å². The van der Waals surface area contributed by atoms with Crippen LogP contribution in [0, 0.1) is 13.8 Å². The molecule has 0 aromatic heterocycles. The highest BCUT2D eigenvalue weighted by Gasteiger charge is 1.92. The van der Waals surface area contributed by atoms with Crippen LogP contribution >= 0.6 is 0 Å². The molecule has 0 radical (unpaired) electrons. The largest absolute Gasteiger partial charge is 0.362 e. The molecule has 12 heavy (non-hydrogen) atoms. The van der Waals surface area contributed by atoms with Crippen molar-refractivity contribution in [3.63, 3.8) is 0 Å². The SMILES string of the molecule is C/C=C\Nc1ccc(C)c(C)c1. The van der Waals surface area contributed by atoms with Gasteiger partial charge >= 0.3 is 0 Å². The van der Waals surface area contributed by atoms with Crippen LogP contribution in [0.25, 0.3) is 0 Å². The van der Waals surface area contributed by atoms with Crippen molar-refractivity contribution in [2.75, 3.05) is 5.32 Å². The third-order valence-electron chi connectivity index (χ3n) is 1.92. The van der Waals surface area contributed by atoms with Gasteiger partial charge in [0.05, 0.1) is 0 Å². The molecule has 1 aromatic carbocycles. The highest BCUT2D eigenvalue weighted by Crippen LogP contribution is 2.13. The standard InChI is InChI=1S/C11H15N/c1-4-7-12-11-6-5-9(2)10(3)8-11/h4-8,12H,1-3H3/b7-4-.